The van der Waals surface area contributed by atoms with Crippen molar-refractivity contribution in [3.8, 4) is 5.00 Å². The van der Waals surface area contributed by atoms with Crippen molar-refractivity contribution in [3.05, 3.63) is 73.3 Å². The third-order valence-electron chi connectivity index (χ3n) is 5.53. The highest BCUT2D eigenvalue weighted by Gasteiger charge is 2.27. The molecule has 31 heavy (non-hydrogen) atoms. The smallest absolute Gasteiger partial charge is 0.339 e. The summed E-state index contributed by atoms with van der Waals surface area (Å²) in [6.07, 6.45) is 5.49. The second-order valence-corrected chi connectivity index (χ2v) is 9.48. The van der Waals surface area contributed by atoms with Gasteiger partial charge in [-0.05, 0) is 79.2 Å². The number of amides is 1. The molecule has 0 saturated heterocycles. The molecule has 8 heteroatoms. The maximum absolute atomic E-state index is 12.3. The van der Waals surface area contributed by atoms with Gasteiger partial charge in [-0.15, -0.1) is 11.3 Å². The van der Waals surface area contributed by atoms with Crippen molar-refractivity contribution in [1.82, 2.24) is 9.99 Å². The molecule has 4 rings (SSSR count). The molecular formula is C23H22BrN3O3S. The van der Waals surface area contributed by atoms with Crippen LogP contribution in [-0.2, 0) is 12.8 Å². The molecule has 0 aliphatic heterocycles. The molecule has 1 aromatic carbocycles. The number of fused-ring (bicyclic) bond motifs is 1. The minimum absolute atomic E-state index is 0.309. The Labute approximate surface area is 192 Å². The maximum atomic E-state index is 12.3. The zero-order chi connectivity index (χ0) is 22.1. The highest BCUT2D eigenvalue weighted by Crippen LogP contribution is 2.38. The first kappa shape index (κ1) is 21.5. The molecule has 3 aromatic rings. The summed E-state index contributed by atoms with van der Waals surface area (Å²) in [6.45, 7) is 3.89. The van der Waals surface area contributed by atoms with Gasteiger partial charge in [0.1, 0.15) is 5.00 Å². The van der Waals surface area contributed by atoms with Gasteiger partial charge in [-0.1, -0.05) is 12.1 Å². The summed E-state index contributed by atoms with van der Waals surface area (Å²) in [5.41, 5.74) is 7.11. The van der Waals surface area contributed by atoms with Crippen LogP contribution in [0.3, 0.4) is 0 Å². The summed E-state index contributed by atoms with van der Waals surface area (Å²) in [7, 11) is 0. The highest BCUT2D eigenvalue weighted by molar-refractivity contribution is 9.10. The van der Waals surface area contributed by atoms with Gasteiger partial charge in [0.25, 0.3) is 5.91 Å². The predicted octanol–water partition coefficient (Wildman–Crippen LogP) is 5.26. The number of hydrazone groups is 1. The SMILES string of the molecule is Cc1cc(/C=N\NC(=O)c2ccccc2Br)c(C)n1-c1sc2c(c1C(=O)O)CCCC2. The molecule has 160 valence electrons. The first-order chi connectivity index (χ1) is 14.9. The fraction of sp³-hybridized carbons (Fsp3) is 0.261. The number of hydrogen-bond donors (Lipinski definition) is 2. The Morgan fingerprint density at radius 1 is 1.23 bits per heavy atom. The van der Waals surface area contributed by atoms with E-state index in [1.165, 1.54) is 4.88 Å². The van der Waals surface area contributed by atoms with E-state index in [0.29, 0.717) is 15.6 Å². The summed E-state index contributed by atoms with van der Waals surface area (Å²) in [6, 6.07) is 9.10. The number of nitrogens with zero attached hydrogens (tertiary/aromatic N) is 2. The summed E-state index contributed by atoms with van der Waals surface area (Å²) in [4.78, 5) is 25.6. The maximum Gasteiger partial charge on any atom is 0.339 e. The van der Waals surface area contributed by atoms with Gasteiger partial charge < -0.3 is 9.67 Å². The lowest BCUT2D eigenvalue weighted by molar-refractivity contribution is 0.0695. The Morgan fingerprint density at radius 3 is 2.71 bits per heavy atom. The van der Waals surface area contributed by atoms with E-state index >= 15 is 0 Å². The number of hydrogen-bond acceptors (Lipinski definition) is 4. The Bertz CT molecular complexity index is 1210. The number of carbonyl (C=O) groups excluding carboxylic acids is 1. The van der Waals surface area contributed by atoms with Crippen molar-refractivity contribution in [1.29, 1.82) is 0 Å². The largest absolute Gasteiger partial charge is 0.478 e. The number of halogens is 1. The fourth-order valence-electron chi connectivity index (χ4n) is 4.03. The topological polar surface area (TPSA) is 83.7 Å². The van der Waals surface area contributed by atoms with Gasteiger partial charge in [-0.25, -0.2) is 10.2 Å². The molecule has 1 aliphatic rings. The van der Waals surface area contributed by atoms with Gasteiger partial charge in [-0.2, -0.15) is 5.10 Å². The van der Waals surface area contributed by atoms with Crippen LogP contribution in [0.2, 0.25) is 0 Å². The third-order valence-corrected chi connectivity index (χ3v) is 7.50. The van der Waals surface area contributed by atoms with E-state index in [-0.39, 0.29) is 5.91 Å². The van der Waals surface area contributed by atoms with Crippen molar-refractivity contribution in [2.45, 2.75) is 39.5 Å². The molecule has 0 spiro atoms. The Hall–Kier alpha value is -2.71. The van der Waals surface area contributed by atoms with E-state index < -0.39 is 5.97 Å². The number of thiophene rings is 1. The molecule has 0 atom stereocenters. The fourth-order valence-corrected chi connectivity index (χ4v) is 5.98. The quantitative estimate of drug-likeness (QED) is 0.370. The molecule has 1 amide bonds. The van der Waals surface area contributed by atoms with E-state index in [4.69, 9.17) is 0 Å². The minimum Gasteiger partial charge on any atom is -0.478 e. The van der Waals surface area contributed by atoms with Crippen LogP contribution in [0.4, 0.5) is 0 Å². The van der Waals surface area contributed by atoms with Crippen molar-refractivity contribution in [3.63, 3.8) is 0 Å². The number of carbonyl (C=O) groups is 2. The number of carboxylic acid groups (broad SMARTS) is 1. The first-order valence-corrected chi connectivity index (χ1v) is 11.6. The molecule has 2 aromatic heterocycles. The van der Waals surface area contributed by atoms with Crippen LogP contribution in [0.25, 0.3) is 5.00 Å². The lowest BCUT2D eigenvalue weighted by atomic mass is 9.95. The second kappa shape index (κ2) is 8.80. The molecule has 0 radical (unpaired) electrons. The van der Waals surface area contributed by atoms with Crippen molar-refractivity contribution in [2.24, 2.45) is 5.10 Å². The molecular weight excluding hydrogens is 478 g/mol. The number of nitrogens with one attached hydrogen (secondary N) is 1. The van der Waals surface area contributed by atoms with Gasteiger partial charge in [0, 0.05) is 26.3 Å². The third kappa shape index (κ3) is 4.09. The number of aromatic nitrogens is 1. The minimum atomic E-state index is -0.877. The average Bonchev–Trinajstić information content (AvgIpc) is 3.24. The number of rotatable bonds is 5. The Kier molecular flexibility index (Phi) is 6.11. The van der Waals surface area contributed by atoms with Gasteiger partial charge >= 0.3 is 5.97 Å². The Morgan fingerprint density at radius 2 is 1.97 bits per heavy atom. The van der Waals surface area contributed by atoms with Crippen LogP contribution >= 0.6 is 27.3 Å². The first-order valence-electron chi connectivity index (χ1n) is 10.0. The van der Waals surface area contributed by atoms with Gasteiger partial charge in [-0.3, -0.25) is 4.79 Å². The monoisotopic (exact) mass is 499 g/mol. The molecule has 1 aliphatic carbocycles. The summed E-state index contributed by atoms with van der Waals surface area (Å²) < 4.78 is 2.69. The van der Waals surface area contributed by atoms with Crippen molar-refractivity contribution < 1.29 is 14.7 Å². The van der Waals surface area contributed by atoms with E-state index in [0.717, 1.165) is 53.2 Å². The molecule has 2 heterocycles. The van der Waals surface area contributed by atoms with Crippen LogP contribution in [0.5, 0.6) is 0 Å². The number of aryl methyl sites for hydroxylation is 2. The van der Waals surface area contributed by atoms with Crippen LogP contribution in [0.15, 0.2) is 39.9 Å². The van der Waals surface area contributed by atoms with E-state index in [2.05, 4.69) is 26.5 Å². The molecule has 2 N–H and O–H groups in total. The molecule has 0 saturated carbocycles. The van der Waals surface area contributed by atoms with Gasteiger partial charge in [0.15, 0.2) is 0 Å². The lowest BCUT2D eigenvalue weighted by Gasteiger charge is -2.11. The molecule has 6 nitrogen and oxygen atoms in total. The van der Waals surface area contributed by atoms with Crippen molar-refractivity contribution >= 4 is 45.4 Å². The van der Waals surface area contributed by atoms with E-state index in [9.17, 15) is 14.7 Å². The van der Waals surface area contributed by atoms with Crippen LogP contribution in [-0.4, -0.2) is 27.8 Å². The standard InChI is InChI=1S/C23H22BrN3O3S/c1-13-11-15(12-25-26-21(28)16-7-3-5-9-18(16)24)14(2)27(13)22-20(23(29)30)17-8-4-6-10-19(17)31-22/h3,5,7,9,11-12H,4,6,8,10H2,1-2H3,(H,26,28)(H,29,30)/b25-12-. The number of carboxylic acids is 1. The van der Waals surface area contributed by atoms with Gasteiger partial charge in [0.05, 0.1) is 17.3 Å². The lowest BCUT2D eigenvalue weighted by Crippen LogP contribution is -2.18. The van der Waals surface area contributed by atoms with E-state index in [1.54, 1.807) is 35.8 Å². The normalized spacial score (nSPS) is 13.4. The summed E-state index contributed by atoms with van der Waals surface area (Å²) in [5, 5.41) is 14.8. The zero-order valence-electron chi connectivity index (χ0n) is 17.2. The van der Waals surface area contributed by atoms with Gasteiger partial charge in [0.2, 0.25) is 0 Å². The van der Waals surface area contributed by atoms with Crippen LogP contribution in [0.1, 0.15) is 60.9 Å². The van der Waals surface area contributed by atoms with Crippen molar-refractivity contribution in [2.75, 3.05) is 0 Å². The highest BCUT2D eigenvalue weighted by atomic mass is 79.9. The molecule has 0 fully saturated rings. The Balaban J connectivity index is 1.64. The molecule has 0 unspecified atom stereocenters. The summed E-state index contributed by atoms with van der Waals surface area (Å²) in [5.74, 6) is -1.19. The van der Waals surface area contributed by atoms with Crippen LogP contribution < -0.4 is 5.43 Å². The zero-order valence-corrected chi connectivity index (χ0v) is 19.6. The van der Waals surface area contributed by atoms with Crippen LogP contribution in [0, 0.1) is 13.8 Å². The van der Waals surface area contributed by atoms with E-state index in [1.807, 2.05) is 30.5 Å². The summed E-state index contributed by atoms with van der Waals surface area (Å²) >= 11 is 4.94. The number of benzene rings is 1. The molecule has 0 bridgehead atoms. The average molecular weight is 500 g/mol. The predicted molar refractivity (Wildman–Crippen MR) is 126 cm³/mol. The number of aromatic carboxylic acids is 1. The second-order valence-electron chi connectivity index (χ2n) is 7.54.